The lowest BCUT2D eigenvalue weighted by molar-refractivity contribution is -0.141. The van der Waals surface area contributed by atoms with Crippen LogP contribution < -0.4 is 5.32 Å². The molecule has 6 heteroatoms. The third kappa shape index (κ3) is 3.18. The molecular formula is C15H18ClN3O2. The highest BCUT2D eigenvalue weighted by Crippen LogP contribution is 2.29. The van der Waals surface area contributed by atoms with Crippen molar-refractivity contribution in [3.8, 4) is 0 Å². The molecule has 0 unspecified atom stereocenters. The molecule has 1 aliphatic heterocycles. The number of rotatable bonds is 3. The smallest absolute Gasteiger partial charge is 0.229 e. The highest BCUT2D eigenvalue weighted by atomic mass is 35.5. The van der Waals surface area contributed by atoms with E-state index in [1.54, 1.807) is 12.3 Å². The number of amides is 2. The molecule has 2 heterocycles. The molecule has 1 saturated carbocycles. The van der Waals surface area contributed by atoms with Crippen molar-refractivity contribution in [2.75, 3.05) is 5.32 Å². The van der Waals surface area contributed by atoms with Crippen molar-refractivity contribution in [2.45, 2.75) is 50.6 Å². The van der Waals surface area contributed by atoms with E-state index >= 15 is 0 Å². The number of carbonyl (C=O) groups excluding carboxylic acids is 2. The van der Waals surface area contributed by atoms with Crippen molar-refractivity contribution < 1.29 is 9.59 Å². The third-order valence-electron chi connectivity index (χ3n) is 4.25. The quantitative estimate of drug-likeness (QED) is 0.689. The number of imide groups is 1. The van der Waals surface area contributed by atoms with E-state index < -0.39 is 0 Å². The molecule has 3 rings (SSSR count). The average Bonchev–Trinajstić information content (AvgIpc) is 2.79. The Morgan fingerprint density at radius 2 is 1.81 bits per heavy atom. The van der Waals surface area contributed by atoms with E-state index in [1.807, 2.05) is 6.07 Å². The molecule has 2 amide bonds. The molecule has 0 spiro atoms. The van der Waals surface area contributed by atoms with Gasteiger partial charge in [0.25, 0.3) is 0 Å². The monoisotopic (exact) mass is 307 g/mol. The highest BCUT2D eigenvalue weighted by Gasteiger charge is 2.36. The number of pyridine rings is 1. The van der Waals surface area contributed by atoms with Gasteiger partial charge in [-0.05, 0) is 37.8 Å². The predicted molar refractivity (Wildman–Crippen MR) is 80.0 cm³/mol. The summed E-state index contributed by atoms with van der Waals surface area (Å²) in [6.07, 6.45) is 6.07. The first kappa shape index (κ1) is 14.3. The van der Waals surface area contributed by atoms with E-state index in [2.05, 4.69) is 10.3 Å². The summed E-state index contributed by atoms with van der Waals surface area (Å²) in [5.74, 6) is -0.00495. The molecule has 0 aromatic carbocycles. The normalized spacial score (nSPS) is 26.2. The van der Waals surface area contributed by atoms with Crippen LogP contribution in [0, 0.1) is 0 Å². The molecule has 2 fully saturated rings. The maximum atomic E-state index is 11.8. The number of nitrogens with one attached hydrogen (secondary N) is 1. The zero-order chi connectivity index (χ0) is 14.8. The van der Waals surface area contributed by atoms with Crippen LogP contribution in [0.4, 0.5) is 5.69 Å². The minimum absolute atomic E-state index is 0.00248. The summed E-state index contributed by atoms with van der Waals surface area (Å²) < 4.78 is 0. The first-order chi connectivity index (χ1) is 10.1. The summed E-state index contributed by atoms with van der Waals surface area (Å²) >= 11 is 5.87. The van der Waals surface area contributed by atoms with Crippen molar-refractivity contribution in [1.82, 2.24) is 9.88 Å². The number of carbonyl (C=O) groups is 2. The zero-order valence-corrected chi connectivity index (χ0v) is 12.5. The summed E-state index contributed by atoms with van der Waals surface area (Å²) in [6, 6.07) is 4.14. The molecule has 5 nitrogen and oxygen atoms in total. The van der Waals surface area contributed by atoms with Crippen molar-refractivity contribution in [2.24, 2.45) is 0 Å². The fraction of sp³-hybridized carbons (Fsp3) is 0.533. The molecule has 2 aliphatic rings. The van der Waals surface area contributed by atoms with Crippen molar-refractivity contribution in [3.63, 3.8) is 0 Å². The Labute approximate surface area is 128 Å². The van der Waals surface area contributed by atoms with Crippen LogP contribution in [0.25, 0.3) is 0 Å². The Morgan fingerprint density at radius 1 is 1.14 bits per heavy atom. The lowest BCUT2D eigenvalue weighted by atomic mass is 9.90. The molecule has 21 heavy (non-hydrogen) atoms. The van der Waals surface area contributed by atoms with Gasteiger partial charge in [-0.3, -0.25) is 14.5 Å². The van der Waals surface area contributed by atoms with E-state index in [4.69, 9.17) is 11.6 Å². The number of anilines is 1. The number of hydrogen-bond donors (Lipinski definition) is 1. The van der Waals surface area contributed by atoms with Crippen LogP contribution >= 0.6 is 11.6 Å². The first-order valence-electron chi connectivity index (χ1n) is 7.36. The van der Waals surface area contributed by atoms with E-state index in [1.165, 1.54) is 4.90 Å². The van der Waals surface area contributed by atoms with Gasteiger partial charge in [0.2, 0.25) is 11.8 Å². The Bertz CT molecular complexity index is 540. The molecule has 1 aromatic rings. The number of halogens is 1. The maximum absolute atomic E-state index is 11.8. The summed E-state index contributed by atoms with van der Waals surface area (Å²) in [7, 11) is 0. The van der Waals surface area contributed by atoms with Crippen LogP contribution in [-0.2, 0) is 9.59 Å². The lowest BCUT2D eigenvalue weighted by Crippen LogP contribution is -2.43. The molecule has 1 aromatic heterocycles. The molecule has 0 bridgehead atoms. The van der Waals surface area contributed by atoms with Gasteiger partial charge >= 0.3 is 0 Å². The van der Waals surface area contributed by atoms with Crippen LogP contribution in [0.15, 0.2) is 18.3 Å². The highest BCUT2D eigenvalue weighted by molar-refractivity contribution is 6.29. The fourth-order valence-electron chi connectivity index (χ4n) is 3.21. The van der Waals surface area contributed by atoms with E-state index in [9.17, 15) is 9.59 Å². The van der Waals surface area contributed by atoms with Gasteiger partial charge in [-0.2, -0.15) is 0 Å². The topological polar surface area (TPSA) is 62.3 Å². The maximum Gasteiger partial charge on any atom is 0.229 e. The zero-order valence-electron chi connectivity index (χ0n) is 11.7. The number of nitrogens with zero attached hydrogens (tertiary/aromatic N) is 2. The van der Waals surface area contributed by atoms with E-state index in [0.29, 0.717) is 24.0 Å². The lowest BCUT2D eigenvalue weighted by Gasteiger charge is -2.34. The number of likely N-dealkylation sites (tertiary alicyclic amines) is 1. The number of hydrogen-bond acceptors (Lipinski definition) is 4. The summed E-state index contributed by atoms with van der Waals surface area (Å²) in [4.78, 5) is 29.0. The fourth-order valence-corrected chi connectivity index (χ4v) is 3.38. The molecule has 1 saturated heterocycles. The Balaban J connectivity index is 1.55. The minimum atomic E-state index is -0.00248. The van der Waals surface area contributed by atoms with Crippen LogP contribution in [0.3, 0.4) is 0 Å². The van der Waals surface area contributed by atoms with Gasteiger partial charge in [-0.15, -0.1) is 0 Å². The average molecular weight is 308 g/mol. The molecule has 0 radical (unpaired) electrons. The summed E-state index contributed by atoms with van der Waals surface area (Å²) in [5, 5.41) is 3.92. The van der Waals surface area contributed by atoms with E-state index in [0.717, 1.165) is 31.4 Å². The summed E-state index contributed by atoms with van der Waals surface area (Å²) in [6.45, 7) is 0. The standard InChI is InChI=1S/C15H18ClN3O2/c16-13-9-11(7-8-17-13)18-10-1-3-12(4-2-10)19-14(20)5-6-15(19)21/h7-10,12H,1-6H2,(H,17,18). The minimum Gasteiger partial charge on any atom is -0.382 e. The van der Waals surface area contributed by atoms with Crippen LogP contribution in [-0.4, -0.2) is 33.8 Å². The van der Waals surface area contributed by atoms with Crippen molar-refractivity contribution >= 4 is 29.1 Å². The van der Waals surface area contributed by atoms with Gasteiger partial charge in [0.15, 0.2) is 0 Å². The first-order valence-corrected chi connectivity index (χ1v) is 7.74. The van der Waals surface area contributed by atoms with Gasteiger partial charge in [0.05, 0.1) is 0 Å². The molecule has 112 valence electrons. The van der Waals surface area contributed by atoms with Crippen LogP contribution in [0.5, 0.6) is 0 Å². The van der Waals surface area contributed by atoms with Crippen LogP contribution in [0.2, 0.25) is 5.15 Å². The van der Waals surface area contributed by atoms with Crippen molar-refractivity contribution in [3.05, 3.63) is 23.5 Å². The second-order valence-electron chi connectivity index (χ2n) is 5.67. The molecule has 0 atom stereocenters. The van der Waals surface area contributed by atoms with Gasteiger partial charge in [0.1, 0.15) is 5.15 Å². The Kier molecular flexibility index (Phi) is 4.10. The molecular weight excluding hydrogens is 290 g/mol. The molecule has 1 aliphatic carbocycles. The largest absolute Gasteiger partial charge is 0.382 e. The number of aromatic nitrogens is 1. The summed E-state index contributed by atoms with van der Waals surface area (Å²) in [5.41, 5.74) is 0.965. The molecule has 1 N–H and O–H groups in total. The van der Waals surface area contributed by atoms with E-state index in [-0.39, 0.29) is 17.9 Å². The van der Waals surface area contributed by atoms with Crippen LogP contribution in [0.1, 0.15) is 38.5 Å². The third-order valence-corrected chi connectivity index (χ3v) is 4.46. The van der Waals surface area contributed by atoms with Gasteiger partial charge < -0.3 is 5.32 Å². The SMILES string of the molecule is O=C1CCC(=O)N1C1CCC(Nc2ccnc(Cl)c2)CC1. The Morgan fingerprint density at radius 3 is 2.43 bits per heavy atom. The van der Waals surface area contributed by atoms with Gasteiger partial charge in [0, 0.05) is 36.8 Å². The Hall–Kier alpha value is -1.62. The van der Waals surface area contributed by atoms with Crippen molar-refractivity contribution in [1.29, 1.82) is 0 Å². The van der Waals surface area contributed by atoms with Gasteiger partial charge in [-0.1, -0.05) is 11.6 Å². The second kappa shape index (κ2) is 6.02. The predicted octanol–water partition coefficient (Wildman–Crippen LogP) is 2.61. The van der Waals surface area contributed by atoms with Gasteiger partial charge in [-0.25, -0.2) is 4.98 Å². The second-order valence-corrected chi connectivity index (χ2v) is 6.06.